The third-order valence-electron chi connectivity index (χ3n) is 2.87. The molecule has 118 valence electrons. The highest BCUT2D eigenvalue weighted by Gasteiger charge is 2.08. The van der Waals surface area contributed by atoms with Crippen LogP contribution in [0.25, 0.3) is 6.08 Å². The summed E-state index contributed by atoms with van der Waals surface area (Å²) in [6.45, 7) is 0. The van der Waals surface area contributed by atoms with Crippen molar-refractivity contribution < 1.29 is 9.59 Å². The third-order valence-corrected chi connectivity index (χ3v) is 3.77. The molecule has 0 atom stereocenters. The van der Waals surface area contributed by atoms with Gasteiger partial charge in [-0.3, -0.25) is 9.59 Å². The lowest BCUT2D eigenvalue weighted by Crippen LogP contribution is -2.12. The maximum atomic E-state index is 11.9. The summed E-state index contributed by atoms with van der Waals surface area (Å²) in [6, 6.07) is 9.36. The van der Waals surface area contributed by atoms with Crippen LogP contribution in [0.15, 0.2) is 42.5 Å². The summed E-state index contributed by atoms with van der Waals surface area (Å²) in [5.74, 6) is -1.02. The van der Waals surface area contributed by atoms with E-state index in [2.05, 4.69) is 5.32 Å². The standard InChI is InChI=1S/C16H11Cl3N2O2/c17-10-2-5-13(18)9(7-10)1-6-15(22)21-11-3-4-12(16(20)23)14(19)8-11/h1-8H,(H2,20,23)(H,21,22)/b6-1+. The SMILES string of the molecule is NC(=O)c1ccc(NC(=O)/C=C/c2cc(Cl)ccc2Cl)cc1Cl. The lowest BCUT2D eigenvalue weighted by atomic mass is 10.2. The molecular weight excluding hydrogens is 359 g/mol. The predicted molar refractivity (Wildman–Crippen MR) is 94.1 cm³/mol. The van der Waals surface area contributed by atoms with Crippen LogP contribution in [0.3, 0.4) is 0 Å². The summed E-state index contributed by atoms with van der Waals surface area (Å²) in [6.07, 6.45) is 2.86. The Morgan fingerprint density at radius 3 is 2.39 bits per heavy atom. The quantitative estimate of drug-likeness (QED) is 0.784. The van der Waals surface area contributed by atoms with Gasteiger partial charge in [0.15, 0.2) is 0 Å². The number of hydrogen-bond acceptors (Lipinski definition) is 2. The highest BCUT2D eigenvalue weighted by molar-refractivity contribution is 6.34. The predicted octanol–water partition coefficient (Wildman–Crippen LogP) is 4.40. The summed E-state index contributed by atoms with van der Waals surface area (Å²) < 4.78 is 0. The van der Waals surface area contributed by atoms with E-state index < -0.39 is 5.91 Å². The summed E-state index contributed by atoms with van der Waals surface area (Å²) >= 11 is 17.8. The van der Waals surface area contributed by atoms with E-state index in [-0.39, 0.29) is 16.5 Å². The van der Waals surface area contributed by atoms with E-state index in [9.17, 15) is 9.59 Å². The molecule has 7 heteroatoms. The van der Waals surface area contributed by atoms with E-state index in [4.69, 9.17) is 40.5 Å². The first-order valence-electron chi connectivity index (χ1n) is 6.40. The van der Waals surface area contributed by atoms with Gasteiger partial charge in [-0.15, -0.1) is 0 Å². The molecule has 0 saturated heterocycles. The number of nitrogens with two attached hydrogens (primary N) is 1. The third kappa shape index (κ3) is 4.73. The van der Waals surface area contributed by atoms with Crippen LogP contribution in [-0.2, 0) is 4.79 Å². The number of anilines is 1. The summed E-state index contributed by atoms with van der Waals surface area (Å²) in [5, 5.41) is 3.77. The van der Waals surface area contributed by atoms with Crippen molar-refractivity contribution in [1.29, 1.82) is 0 Å². The Kier molecular flexibility index (Phi) is 5.66. The minimum Gasteiger partial charge on any atom is -0.366 e. The van der Waals surface area contributed by atoms with Crippen molar-refractivity contribution in [2.75, 3.05) is 5.32 Å². The van der Waals surface area contributed by atoms with Crippen LogP contribution in [0.2, 0.25) is 15.1 Å². The van der Waals surface area contributed by atoms with E-state index in [0.717, 1.165) is 0 Å². The first-order chi connectivity index (χ1) is 10.9. The highest BCUT2D eigenvalue weighted by atomic mass is 35.5. The lowest BCUT2D eigenvalue weighted by molar-refractivity contribution is -0.111. The van der Waals surface area contributed by atoms with E-state index in [1.807, 2.05) is 0 Å². The van der Waals surface area contributed by atoms with Crippen molar-refractivity contribution in [1.82, 2.24) is 0 Å². The molecule has 0 aliphatic carbocycles. The molecule has 0 unspecified atom stereocenters. The maximum absolute atomic E-state index is 11.9. The van der Waals surface area contributed by atoms with Crippen LogP contribution in [0, 0.1) is 0 Å². The van der Waals surface area contributed by atoms with Crippen molar-refractivity contribution in [3.8, 4) is 0 Å². The number of carbonyl (C=O) groups is 2. The number of halogens is 3. The van der Waals surface area contributed by atoms with Crippen LogP contribution in [0.4, 0.5) is 5.69 Å². The van der Waals surface area contributed by atoms with Crippen LogP contribution in [0.1, 0.15) is 15.9 Å². The molecule has 0 bridgehead atoms. The summed E-state index contributed by atoms with van der Waals surface area (Å²) in [4.78, 5) is 23.0. The Bertz CT molecular complexity index is 804. The molecular formula is C16H11Cl3N2O2. The maximum Gasteiger partial charge on any atom is 0.250 e. The molecule has 0 fully saturated rings. The smallest absolute Gasteiger partial charge is 0.250 e. The highest BCUT2D eigenvalue weighted by Crippen LogP contribution is 2.22. The topological polar surface area (TPSA) is 72.2 Å². The molecule has 0 aromatic heterocycles. The second-order valence-corrected chi connectivity index (χ2v) is 5.80. The van der Waals surface area contributed by atoms with Crippen molar-refractivity contribution in [2.24, 2.45) is 5.73 Å². The van der Waals surface area contributed by atoms with Gasteiger partial charge in [-0.1, -0.05) is 34.8 Å². The average molecular weight is 370 g/mol. The fourth-order valence-corrected chi connectivity index (χ4v) is 2.42. The molecule has 2 aromatic carbocycles. The summed E-state index contributed by atoms with van der Waals surface area (Å²) in [5.41, 5.74) is 6.40. The van der Waals surface area contributed by atoms with Gasteiger partial charge >= 0.3 is 0 Å². The molecule has 0 aliphatic heterocycles. The summed E-state index contributed by atoms with van der Waals surface area (Å²) in [7, 11) is 0. The monoisotopic (exact) mass is 368 g/mol. The Morgan fingerprint density at radius 1 is 1.00 bits per heavy atom. The second kappa shape index (κ2) is 7.51. The number of nitrogens with one attached hydrogen (secondary N) is 1. The Hall–Kier alpha value is -2.01. The molecule has 4 nitrogen and oxygen atoms in total. The molecule has 3 N–H and O–H groups in total. The van der Waals surface area contributed by atoms with Gasteiger partial charge in [0.05, 0.1) is 10.6 Å². The van der Waals surface area contributed by atoms with E-state index >= 15 is 0 Å². The zero-order valence-electron chi connectivity index (χ0n) is 11.6. The molecule has 0 aliphatic rings. The Balaban J connectivity index is 2.10. The van der Waals surface area contributed by atoms with Crippen LogP contribution in [-0.4, -0.2) is 11.8 Å². The van der Waals surface area contributed by atoms with Gasteiger partial charge in [0, 0.05) is 21.8 Å². The molecule has 23 heavy (non-hydrogen) atoms. The molecule has 0 spiro atoms. The average Bonchev–Trinajstić information content (AvgIpc) is 2.48. The van der Waals surface area contributed by atoms with Crippen molar-refractivity contribution >= 4 is 58.4 Å². The number of carbonyl (C=O) groups excluding carboxylic acids is 2. The largest absolute Gasteiger partial charge is 0.366 e. The van der Waals surface area contributed by atoms with Crippen LogP contribution in [0.5, 0.6) is 0 Å². The Labute approximate surface area is 147 Å². The minimum absolute atomic E-state index is 0.164. The lowest BCUT2D eigenvalue weighted by Gasteiger charge is -2.05. The molecule has 2 rings (SSSR count). The first-order valence-corrected chi connectivity index (χ1v) is 7.53. The van der Waals surface area contributed by atoms with Gasteiger partial charge < -0.3 is 11.1 Å². The molecule has 0 heterocycles. The van der Waals surface area contributed by atoms with E-state index in [0.29, 0.717) is 21.3 Å². The van der Waals surface area contributed by atoms with Gasteiger partial charge in [0.2, 0.25) is 11.8 Å². The van der Waals surface area contributed by atoms with E-state index in [1.54, 1.807) is 24.3 Å². The zero-order valence-corrected chi connectivity index (χ0v) is 13.9. The zero-order chi connectivity index (χ0) is 17.0. The molecule has 2 amide bonds. The fraction of sp³-hybridized carbons (Fsp3) is 0. The number of amides is 2. The number of hydrogen-bond donors (Lipinski definition) is 2. The van der Waals surface area contributed by atoms with E-state index in [1.165, 1.54) is 24.3 Å². The fourth-order valence-electron chi connectivity index (χ4n) is 1.78. The van der Waals surface area contributed by atoms with Crippen LogP contribution >= 0.6 is 34.8 Å². The van der Waals surface area contributed by atoms with Crippen molar-refractivity contribution in [3.63, 3.8) is 0 Å². The Morgan fingerprint density at radius 2 is 1.74 bits per heavy atom. The number of primary amides is 1. The molecule has 0 saturated carbocycles. The minimum atomic E-state index is -0.636. The first kappa shape index (κ1) is 17.3. The van der Waals surface area contributed by atoms with Gasteiger partial charge in [0.25, 0.3) is 0 Å². The second-order valence-electron chi connectivity index (χ2n) is 4.55. The number of rotatable bonds is 4. The van der Waals surface area contributed by atoms with Gasteiger partial charge in [-0.25, -0.2) is 0 Å². The van der Waals surface area contributed by atoms with Crippen molar-refractivity contribution in [3.05, 3.63) is 68.7 Å². The van der Waals surface area contributed by atoms with Crippen LogP contribution < -0.4 is 11.1 Å². The van der Waals surface area contributed by atoms with Crippen molar-refractivity contribution in [2.45, 2.75) is 0 Å². The van der Waals surface area contributed by atoms with Gasteiger partial charge in [-0.05, 0) is 48.0 Å². The van der Waals surface area contributed by atoms with Gasteiger partial charge in [0.1, 0.15) is 0 Å². The normalized spacial score (nSPS) is 10.7. The van der Waals surface area contributed by atoms with Gasteiger partial charge in [-0.2, -0.15) is 0 Å². The number of benzene rings is 2. The molecule has 2 aromatic rings. The molecule has 0 radical (unpaired) electrons.